The molecule has 0 spiro atoms. The van der Waals surface area contributed by atoms with Crippen LogP contribution in [0.5, 0.6) is 11.5 Å². The number of para-hydroxylation sites is 1. The topological polar surface area (TPSA) is 84.0 Å². The Balaban J connectivity index is 0.00000420. The minimum Gasteiger partial charge on any atom is -0.493 e. The second-order valence-electron chi connectivity index (χ2n) is 6.93. The van der Waals surface area contributed by atoms with E-state index in [1.165, 1.54) is 12.8 Å². The third kappa shape index (κ3) is 8.67. The number of amides is 1. The number of halogens is 1. The molecule has 1 aliphatic carbocycles. The van der Waals surface area contributed by atoms with E-state index in [-0.39, 0.29) is 36.0 Å². The van der Waals surface area contributed by atoms with Gasteiger partial charge in [0.05, 0.1) is 13.2 Å². The van der Waals surface area contributed by atoms with E-state index in [0.717, 1.165) is 36.3 Å². The van der Waals surface area contributed by atoms with Gasteiger partial charge in [0.25, 0.3) is 0 Å². The van der Waals surface area contributed by atoms with Crippen LogP contribution in [0.3, 0.4) is 0 Å². The van der Waals surface area contributed by atoms with Crippen molar-refractivity contribution >= 4 is 35.8 Å². The van der Waals surface area contributed by atoms with Crippen molar-refractivity contribution < 1.29 is 14.3 Å². The summed E-state index contributed by atoms with van der Waals surface area (Å²) in [6, 6.07) is 5.92. The Hall–Kier alpha value is -1.71. The van der Waals surface area contributed by atoms with Gasteiger partial charge in [0, 0.05) is 38.7 Å². The third-order valence-corrected chi connectivity index (χ3v) is 4.75. The largest absolute Gasteiger partial charge is 0.493 e. The number of carbonyl (C=O) groups is 1. The summed E-state index contributed by atoms with van der Waals surface area (Å²) in [5.74, 6) is 2.25. The lowest BCUT2D eigenvalue weighted by atomic mass is 10.1. The van der Waals surface area contributed by atoms with Gasteiger partial charge in [-0.25, -0.2) is 0 Å². The van der Waals surface area contributed by atoms with Crippen LogP contribution in [0, 0.1) is 0 Å². The van der Waals surface area contributed by atoms with Crippen LogP contribution in [0.1, 0.15) is 51.0 Å². The molecule has 1 amide bonds. The van der Waals surface area contributed by atoms with Gasteiger partial charge in [-0.05, 0) is 38.2 Å². The van der Waals surface area contributed by atoms with Crippen molar-refractivity contribution in [3.63, 3.8) is 0 Å². The van der Waals surface area contributed by atoms with Crippen LogP contribution in [0.15, 0.2) is 23.2 Å². The van der Waals surface area contributed by atoms with Crippen molar-refractivity contribution in [1.82, 2.24) is 16.0 Å². The van der Waals surface area contributed by atoms with Gasteiger partial charge < -0.3 is 25.4 Å². The van der Waals surface area contributed by atoms with Crippen molar-refractivity contribution in [2.75, 3.05) is 27.2 Å². The van der Waals surface area contributed by atoms with Crippen LogP contribution in [0.2, 0.25) is 0 Å². The van der Waals surface area contributed by atoms with Gasteiger partial charge in [0.15, 0.2) is 17.5 Å². The van der Waals surface area contributed by atoms with E-state index in [0.29, 0.717) is 32.0 Å². The number of aliphatic imine (C=N–C) groups is 1. The van der Waals surface area contributed by atoms with E-state index in [1.54, 1.807) is 14.2 Å². The number of guanidine groups is 1. The van der Waals surface area contributed by atoms with E-state index in [1.807, 2.05) is 25.1 Å². The Morgan fingerprint density at radius 3 is 2.59 bits per heavy atom. The normalized spacial score (nSPS) is 14.1. The van der Waals surface area contributed by atoms with Gasteiger partial charge in [-0.3, -0.25) is 9.79 Å². The quantitative estimate of drug-likeness (QED) is 0.252. The number of nitrogens with one attached hydrogen (secondary N) is 3. The van der Waals surface area contributed by atoms with E-state index >= 15 is 0 Å². The molecule has 0 aliphatic heterocycles. The monoisotopic (exact) mass is 518 g/mol. The van der Waals surface area contributed by atoms with Crippen LogP contribution >= 0.6 is 24.0 Å². The smallest absolute Gasteiger partial charge is 0.221 e. The molecule has 7 nitrogen and oxygen atoms in total. The van der Waals surface area contributed by atoms with Crippen molar-refractivity contribution in [3.05, 3.63) is 23.8 Å². The maximum atomic E-state index is 11.7. The number of ether oxygens (including phenoxy) is 2. The highest BCUT2D eigenvalue weighted by Crippen LogP contribution is 2.34. The van der Waals surface area contributed by atoms with E-state index in [4.69, 9.17) is 9.47 Å². The van der Waals surface area contributed by atoms with E-state index in [9.17, 15) is 4.79 Å². The number of hydrogen-bond donors (Lipinski definition) is 3. The lowest BCUT2D eigenvalue weighted by Crippen LogP contribution is -2.39. The molecule has 1 aromatic carbocycles. The molecular formula is C21H35IN4O3. The van der Waals surface area contributed by atoms with Crippen LogP contribution in [0.25, 0.3) is 0 Å². The molecule has 1 aromatic rings. The lowest BCUT2D eigenvalue weighted by molar-refractivity contribution is -0.120. The first-order valence-corrected chi connectivity index (χ1v) is 10.2. The fourth-order valence-corrected chi connectivity index (χ4v) is 3.21. The zero-order valence-electron chi connectivity index (χ0n) is 17.8. The highest BCUT2D eigenvalue weighted by Gasteiger charge is 2.20. The zero-order chi connectivity index (χ0) is 20.2. The molecule has 0 atom stereocenters. The number of carbonyl (C=O) groups excluding carboxylic acids is 1. The Bertz CT molecular complexity index is 649. The molecule has 1 fully saturated rings. The molecule has 0 saturated heterocycles. The van der Waals surface area contributed by atoms with E-state index in [2.05, 4.69) is 20.9 Å². The van der Waals surface area contributed by atoms with E-state index < -0.39 is 0 Å². The van der Waals surface area contributed by atoms with Gasteiger partial charge in [0.1, 0.15) is 0 Å². The second-order valence-corrected chi connectivity index (χ2v) is 6.93. The van der Waals surface area contributed by atoms with Gasteiger partial charge >= 0.3 is 0 Å². The molecule has 29 heavy (non-hydrogen) atoms. The molecule has 0 aromatic heterocycles. The summed E-state index contributed by atoms with van der Waals surface area (Å²) in [6.07, 6.45) is 6.23. The first-order chi connectivity index (χ1) is 13.7. The minimum atomic E-state index is 0. The van der Waals surface area contributed by atoms with Crippen molar-refractivity contribution in [2.24, 2.45) is 4.99 Å². The molecule has 0 radical (unpaired) electrons. The lowest BCUT2D eigenvalue weighted by Gasteiger charge is -2.20. The van der Waals surface area contributed by atoms with Crippen LogP contribution < -0.4 is 25.4 Å². The zero-order valence-corrected chi connectivity index (χ0v) is 20.1. The average Bonchev–Trinajstić information content (AvgIpc) is 3.22. The maximum absolute atomic E-state index is 11.7. The summed E-state index contributed by atoms with van der Waals surface area (Å²) in [5, 5.41) is 9.33. The fraction of sp³-hybridized carbons (Fsp3) is 0.619. The predicted octanol–water partition coefficient (Wildman–Crippen LogP) is 3.22. The SMILES string of the molecule is CCCNC(=O)CCNC(=NC)NCc1cccc(OC)c1OC1CCCC1.I. The Labute approximate surface area is 191 Å². The van der Waals surface area contributed by atoms with Crippen molar-refractivity contribution in [2.45, 2.75) is 58.1 Å². The minimum absolute atomic E-state index is 0. The summed E-state index contributed by atoms with van der Waals surface area (Å²) in [4.78, 5) is 15.9. The fourth-order valence-electron chi connectivity index (χ4n) is 3.21. The van der Waals surface area contributed by atoms with Gasteiger partial charge in [-0.15, -0.1) is 24.0 Å². The number of hydrogen-bond acceptors (Lipinski definition) is 4. The second kappa shape index (κ2) is 14.3. The molecule has 2 rings (SSSR count). The first kappa shape index (κ1) is 25.3. The summed E-state index contributed by atoms with van der Waals surface area (Å²) >= 11 is 0. The molecule has 3 N–H and O–H groups in total. The standard InChI is InChI=1S/C21H34N4O3.HI/c1-4-13-23-19(26)12-14-24-21(22-2)25-15-16-8-7-11-18(27-3)20(16)28-17-9-5-6-10-17;/h7-8,11,17H,4-6,9-10,12-15H2,1-3H3,(H,23,26)(H2,22,24,25);1H. The van der Waals surface area contributed by atoms with Gasteiger partial charge in [-0.1, -0.05) is 19.1 Å². The highest BCUT2D eigenvalue weighted by molar-refractivity contribution is 14.0. The van der Waals surface area contributed by atoms with Gasteiger partial charge in [0.2, 0.25) is 5.91 Å². The average molecular weight is 518 g/mol. The molecule has 164 valence electrons. The maximum Gasteiger partial charge on any atom is 0.221 e. The summed E-state index contributed by atoms with van der Waals surface area (Å²) in [7, 11) is 3.38. The predicted molar refractivity (Wildman–Crippen MR) is 127 cm³/mol. The number of nitrogens with zero attached hydrogens (tertiary/aromatic N) is 1. The number of methoxy groups -OCH3 is 1. The van der Waals surface area contributed by atoms with Crippen LogP contribution in [0.4, 0.5) is 0 Å². The van der Waals surface area contributed by atoms with Gasteiger partial charge in [-0.2, -0.15) is 0 Å². The molecular weight excluding hydrogens is 483 g/mol. The highest BCUT2D eigenvalue weighted by atomic mass is 127. The Kier molecular flexibility index (Phi) is 12.5. The third-order valence-electron chi connectivity index (χ3n) is 4.75. The van der Waals surface area contributed by atoms with Crippen molar-refractivity contribution in [1.29, 1.82) is 0 Å². The number of rotatable bonds is 10. The Morgan fingerprint density at radius 1 is 1.17 bits per heavy atom. The van der Waals surface area contributed by atoms with Crippen LogP contribution in [-0.4, -0.2) is 45.2 Å². The van der Waals surface area contributed by atoms with Crippen LogP contribution in [-0.2, 0) is 11.3 Å². The van der Waals surface area contributed by atoms with Crippen molar-refractivity contribution in [3.8, 4) is 11.5 Å². The summed E-state index contributed by atoms with van der Waals surface area (Å²) in [5.41, 5.74) is 1.02. The summed E-state index contributed by atoms with van der Waals surface area (Å²) < 4.78 is 11.8. The molecule has 8 heteroatoms. The molecule has 0 heterocycles. The molecule has 0 unspecified atom stereocenters. The Morgan fingerprint density at radius 2 is 1.93 bits per heavy atom. The summed E-state index contributed by atoms with van der Waals surface area (Å²) in [6.45, 7) is 3.83. The molecule has 0 bridgehead atoms. The first-order valence-electron chi connectivity index (χ1n) is 10.2. The molecule has 1 saturated carbocycles. The number of benzene rings is 1. The molecule has 1 aliphatic rings.